The van der Waals surface area contributed by atoms with E-state index in [0.29, 0.717) is 12.0 Å². The number of hydrogen-bond acceptors (Lipinski definition) is 1. The molecule has 0 spiro atoms. The molecule has 70 valence electrons. The molecule has 1 heterocycles. The molecule has 1 nitrogen and oxygen atoms in total. The number of hydrogen-bond donors (Lipinski definition) is 1. The zero-order valence-corrected chi connectivity index (χ0v) is 8.59. The van der Waals surface area contributed by atoms with Gasteiger partial charge in [-0.25, -0.2) is 0 Å². The predicted octanol–water partition coefficient (Wildman–Crippen LogP) is 2.97. The van der Waals surface area contributed by atoms with E-state index in [9.17, 15) is 0 Å². The first kappa shape index (κ1) is 8.76. The van der Waals surface area contributed by atoms with E-state index in [2.05, 4.69) is 44.3 Å². The first-order chi connectivity index (χ1) is 6.20. The molecule has 1 heteroatoms. The Morgan fingerprint density at radius 3 is 2.85 bits per heavy atom. The third-order valence-corrected chi connectivity index (χ3v) is 2.92. The summed E-state index contributed by atoms with van der Waals surface area (Å²) in [6.45, 7) is 7.80. The molecule has 1 atom stereocenters. The second kappa shape index (κ2) is 3.15. The van der Waals surface area contributed by atoms with Crippen LogP contribution in [0, 0.1) is 0 Å². The van der Waals surface area contributed by atoms with Crippen molar-refractivity contribution in [1.82, 2.24) is 5.32 Å². The van der Waals surface area contributed by atoms with Gasteiger partial charge in [0.15, 0.2) is 0 Å². The normalized spacial score (nSPS) is 20.8. The van der Waals surface area contributed by atoms with E-state index in [1.165, 1.54) is 16.7 Å². The highest BCUT2D eigenvalue weighted by molar-refractivity contribution is 5.41. The van der Waals surface area contributed by atoms with E-state index in [1.807, 2.05) is 0 Å². The molecule has 2 rings (SSSR count). The van der Waals surface area contributed by atoms with Crippen LogP contribution < -0.4 is 5.32 Å². The molecule has 0 radical (unpaired) electrons. The van der Waals surface area contributed by atoms with Crippen LogP contribution in [0.15, 0.2) is 18.2 Å². The van der Waals surface area contributed by atoms with E-state index < -0.39 is 0 Å². The van der Waals surface area contributed by atoms with Crippen LogP contribution in [-0.4, -0.2) is 0 Å². The second-order valence-electron chi connectivity index (χ2n) is 4.17. The maximum atomic E-state index is 3.48. The van der Waals surface area contributed by atoms with Gasteiger partial charge in [0.1, 0.15) is 0 Å². The fraction of sp³-hybridized carbons (Fsp3) is 0.500. The zero-order chi connectivity index (χ0) is 9.42. The highest BCUT2D eigenvalue weighted by Gasteiger charge is 2.20. The van der Waals surface area contributed by atoms with Crippen LogP contribution in [0.25, 0.3) is 0 Å². The maximum Gasteiger partial charge on any atom is 0.0298 e. The third kappa shape index (κ3) is 1.37. The number of rotatable bonds is 1. The van der Waals surface area contributed by atoms with Gasteiger partial charge < -0.3 is 5.32 Å². The minimum absolute atomic E-state index is 0.536. The molecular formula is C12H17N. The largest absolute Gasteiger partial charge is 0.306 e. The van der Waals surface area contributed by atoms with Crippen molar-refractivity contribution in [3.05, 3.63) is 34.9 Å². The van der Waals surface area contributed by atoms with Gasteiger partial charge in [0.2, 0.25) is 0 Å². The zero-order valence-electron chi connectivity index (χ0n) is 8.59. The lowest BCUT2D eigenvalue weighted by molar-refractivity contribution is 0.632. The SMILES string of the molecule is CC(C)c1cccc2c1CNC2C. The van der Waals surface area contributed by atoms with Crippen molar-refractivity contribution < 1.29 is 0 Å². The monoisotopic (exact) mass is 175 g/mol. The first-order valence-electron chi connectivity index (χ1n) is 5.05. The van der Waals surface area contributed by atoms with E-state index in [-0.39, 0.29) is 0 Å². The van der Waals surface area contributed by atoms with Crippen LogP contribution in [0.2, 0.25) is 0 Å². The van der Waals surface area contributed by atoms with Crippen molar-refractivity contribution in [2.45, 2.75) is 39.3 Å². The molecule has 0 bridgehead atoms. The molecule has 1 aliphatic rings. The lowest BCUT2D eigenvalue weighted by Crippen LogP contribution is -2.07. The topological polar surface area (TPSA) is 12.0 Å². The summed E-state index contributed by atoms with van der Waals surface area (Å²) in [6, 6.07) is 7.21. The summed E-state index contributed by atoms with van der Waals surface area (Å²) in [5.41, 5.74) is 4.53. The van der Waals surface area contributed by atoms with Crippen LogP contribution in [0.4, 0.5) is 0 Å². The van der Waals surface area contributed by atoms with E-state index in [1.54, 1.807) is 0 Å². The standard InChI is InChI=1S/C12H17N/c1-8(2)10-5-4-6-11-9(3)13-7-12(10)11/h4-6,8-9,13H,7H2,1-3H3. The van der Waals surface area contributed by atoms with Crippen LogP contribution >= 0.6 is 0 Å². The van der Waals surface area contributed by atoms with Crippen LogP contribution in [0.5, 0.6) is 0 Å². The van der Waals surface area contributed by atoms with Gasteiger partial charge in [-0.1, -0.05) is 32.0 Å². The predicted molar refractivity (Wildman–Crippen MR) is 55.8 cm³/mol. The second-order valence-corrected chi connectivity index (χ2v) is 4.17. The molecule has 0 aromatic heterocycles. The average molecular weight is 175 g/mol. The molecule has 0 aliphatic carbocycles. The number of nitrogens with one attached hydrogen (secondary N) is 1. The summed E-state index contributed by atoms with van der Waals surface area (Å²) in [7, 11) is 0. The van der Waals surface area contributed by atoms with Gasteiger partial charge in [0.05, 0.1) is 0 Å². The molecule has 1 unspecified atom stereocenters. The van der Waals surface area contributed by atoms with Crippen molar-refractivity contribution in [3.63, 3.8) is 0 Å². The fourth-order valence-electron chi connectivity index (χ4n) is 2.14. The number of benzene rings is 1. The first-order valence-corrected chi connectivity index (χ1v) is 5.05. The summed E-state index contributed by atoms with van der Waals surface area (Å²) in [5, 5.41) is 3.48. The molecule has 13 heavy (non-hydrogen) atoms. The number of fused-ring (bicyclic) bond motifs is 1. The van der Waals surface area contributed by atoms with Crippen molar-refractivity contribution in [3.8, 4) is 0 Å². The van der Waals surface area contributed by atoms with Gasteiger partial charge >= 0.3 is 0 Å². The van der Waals surface area contributed by atoms with Gasteiger partial charge in [0.25, 0.3) is 0 Å². The molecule has 1 N–H and O–H groups in total. The highest BCUT2D eigenvalue weighted by Crippen LogP contribution is 2.30. The van der Waals surface area contributed by atoms with Crippen molar-refractivity contribution in [2.24, 2.45) is 0 Å². The molecule has 1 aliphatic heterocycles. The van der Waals surface area contributed by atoms with Crippen LogP contribution in [0.3, 0.4) is 0 Å². The van der Waals surface area contributed by atoms with Crippen molar-refractivity contribution >= 4 is 0 Å². The smallest absolute Gasteiger partial charge is 0.0298 e. The van der Waals surface area contributed by atoms with Crippen molar-refractivity contribution in [2.75, 3.05) is 0 Å². The Hall–Kier alpha value is -0.820. The quantitative estimate of drug-likeness (QED) is 0.692. The molecule has 0 saturated heterocycles. The highest BCUT2D eigenvalue weighted by atomic mass is 14.9. The minimum Gasteiger partial charge on any atom is -0.306 e. The molecule has 0 fully saturated rings. The lowest BCUT2D eigenvalue weighted by Gasteiger charge is -2.11. The van der Waals surface area contributed by atoms with Crippen LogP contribution in [0.1, 0.15) is 49.4 Å². The Kier molecular flexibility index (Phi) is 2.12. The molecule has 1 aromatic rings. The Labute approximate surface area is 80.2 Å². The summed E-state index contributed by atoms with van der Waals surface area (Å²) in [4.78, 5) is 0. The Balaban J connectivity index is 2.51. The van der Waals surface area contributed by atoms with Gasteiger partial charge in [0, 0.05) is 12.6 Å². The molecule has 0 amide bonds. The lowest BCUT2D eigenvalue weighted by atomic mass is 9.93. The van der Waals surface area contributed by atoms with Gasteiger partial charge in [-0.05, 0) is 29.5 Å². The summed E-state index contributed by atoms with van der Waals surface area (Å²) in [5.74, 6) is 0.641. The Bertz CT molecular complexity index is 315. The van der Waals surface area contributed by atoms with E-state index in [4.69, 9.17) is 0 Å². The van der Waals surface area contributed by atoms with Gasteiger partial charge in [-0.3, -0.25) is 0 Å². The van der Waals surface area contributed by atoms with Gasteiger partial charge in [-0.2, -0.15) is 0 Å². The molecular weight excluding hydrogens is 158 g/mol. The summed E-state index contributed by atoms with van der Waals surface area (Å²) < 4.78 is 0. The Morgan fingerprint density at radius 2 is 2.15 bits per heavy atom. The van der Waals surface area contributed by atoms with Gasteiger partial charge in [-0.15, -0.1) is 0 Å². The molecule has 1 aromatic carbocycles. The average Bonchev–Trinajstić information content (AvgIpc) is 2.48. The fourth-order valence-corrected chi connectivity index (χ4v) is 2.14. The van der Waals surface area contributed by atoms with E-state index >= 15 is 0 Å². The summed E-state index contributed by atoms with van der Waals surface area (Å²) >= 11 is 0. The van der Waals surface area contributed by atoms with Crippen molar-refractivity contribution in [1.29, 1.82) is 0 Å². The summed E-state index contributed by atoms with van der Waals surface area (Å²) in [6.07, 6.45) is 0. The maximum absolute atomic E-state index is 3.48. The van der Waals surface area contributed by atoms with Crippen LogP contribution in [-0.2, 0) is 6.54 Å². The van der Waals surface area contributed by atoms with E-state index in [0.717, 1.165) is 6.54 Å². The third-order valence-electron chi connectivity index (χ3n) is 2.92. The Morgan fingerprint density at radius 1 is 1.38 bits per heavy atom. The minimum atomic E-state index is 0.536. The molecule has 0 saturated carbocycles.